The molecule has 0 amide bonds. The smallest absolute Gasteiger partial charge is 0.179 e. The van der Waals surface area contributed by atoms with E-state index >= 15 is 0 Å². The lowest BCUT2D eigenvalue weighted by atomic mass is 10.0. The maximum absolute atomic E-state index is 2.77. The molecule has 3 aromatic heterocycles. The average molecular weight is 799 g/mol. The highest BCUT2D eigenvalue weighted by atomic mass is 32.1. The van der Waals surface area contributed by atoms with E-state index in [1.165, 1.54) is 90.6 Å². The van der Waals surface area contributed by atoms with Gasteiger partial charge in [0.15, 0.2) is 8.07 Å². The third-order valence-corrected chi connectivity index (χ3v) is 18.4. The van der Waals surface area contributed by atoms with Crippen LogP contribution in [0.15, 0.2) is 231 Å². The molecule has 0 aliphatic heterocycles. The van der Waals surface area contributed by atoms with Crippen LogP contribution < -0.4 is 20.7 Å². The summed E-state index contributed by atoms with van der Waals surface area (Å²) in [6.07, 6.45) is 0. The van der Waals surface area contributed by atoms with Crippen molar-refractivity contribution in [2.75, 3.05) is 0 Å². The Morgan fingerprint density at radius 1 is 0.350 bits per heavy atom. The van der Waals surface area contributed by atoms with E-state index in [1.807, 2.05) is 11.3 Å². The molecule has 0 aliphatic carbocycles. The maximum Gasteiger partial charge on any atom is 0.179 e. The molecule has 2 nitrogen and oxygen atoms in total. The Morgan fingerprint density at radius 2 is 0.867 bits per heavy atom. The molecule has 0 bridgehead atoms. The van der Waals surface area contributed by atoms with Gasteiger partial charge < -0.3 is 4.57 Å². The lowest BCUT2D eigenvalue weighted by Gasteiger charge is -2.34. The molecule has 3 heterocycles. The van der Waals surface area contributed by atoms with Crippen LogP contribution >= 0.6 is 11.3 Å². The van der Waals surface area contributed by atoms with E-state index in [-0.39, 0.29) is 0 Å². The summed E-state index contributed by atoms with van der Waals surface area (Å²) in [5.74, 6) is 0. The van der Waals surface area contributed by atoms with Gasteiger partial charge in [0.05, 0.1) is 22.1 Å². The first-order chi connectivity index (χ1) is 29.8. The molecular weight excluding hydrogens is 761 g/mol. The molecule has 0 atom stereocenters. The molecule has 0 N–H and O–H groups in total. The Labute approximate surface area is 353 Å². The van der Waals surface area contributed by atoms with Gasteiger partial charge in [-0.05, 0) is 62.7 Å². The summed E-state index contributed by atoms with van der Waals surface area (Å²) < 4.78 is 6.37. The van der Waals surface area contributed by atoms with Crippen LogP contribution in [0.2, 0.25) is 0 Å². The third kappa shape index (κ3) is 5.11. The number of hydrogen-bond acceptors (Lipinski definition) is 1. The van der Waals surface area contributed by atoms with Crippen molar-refractivity contribution in [2.24, 2.45) is 0 Å². The van der Waals surface area contributed by atoms with Crippen molar-refractivity contribution in [2.45, 2.75) is 0 Å². The van der Waals surface area contributed by atoms with Crippen LogP contribution in [0.3, 0.4) is 0 Å². The number of benzene rings is 9. The van der Waals surface area contributed by atoms with Crippen LogP contribution in [-0.4, -0.2) is 17.2 Å². The van der Waals surface area contributed by atoms with Crippen molar-refractivity contribution in [3.8, 4) is 21.8 Å². The number of nitrogens with zero attached hydrogens (tertiary/aromatic N) is 2. The predicted molar refractivity (Wildman–Crippen MR) is 260 cm³/mol. The van der Waals surface area contributed by atoms with E-state index < -0.39 is 8.07 Å². The lowest BCUT2D eigenvalue weighted by molar-refractivity contribution is 1.18. The van der Waals surface area contributed by atoms with Crippen LogP contribution in [-0.2, 0) is 0 Å². The summed E-state index contributed by atoms with van der Waals surface area (Å²) in [6.45, 7) is 0. The van der Waals surface area contributed by atoms with Gasteiger partial charge in [0.2, 0.25) is 0 Å². The van der Waals surface area contributed by atoms with Crippen LogP contribution in [0, 0.1) is 0 Å². The van der Waals surface area contributed by atoms with Crippen LogP contribution in [0.25, 0.3) is 75.5 Å². The molecule has 12 aromatic rings. The number of thiophene rings is 1. The fourth-order valence-corrected chi connectivity index (χ4v) is 16.0. The molecule has 282 valence electrons. The third-order valence-electron chi connectivity index (χ3n) is 12.5. The van der Waals surface area contributed by atoms with E-state index in [2.05, 4.69) is 240 Å². The van der Waals surface area contributed by atoms with Crippen LogP contribution in [0.4, 0.5) is 0 Å². The minimum atomic E-state index is -2.77. The second-order valence-corrected chi connectivity index (χ2v) is 20.4. The quantitative estimate of drug-likeness (QED) is 0.112. The molecule has 0 spiro atoms. The molecule has 0 unspecified atom stereocenters. The second-order valence-electron chi connectivity index (χ2n) is 15.6. The molecule has 9 aromatic carbocycles. The summed E-state index contributed by atoms with van der Waals surface area (Å²) in [6, 6.07) is 85.5. The molecule has 12 rings (SSSR count). The second kappa shape index (κ2) is 14.0. The van der Waals surface area contributed by atoms with Gasteiger partial charge in [0.1, 0.15) is 5.00 Å². The number of aromatic nitrogens is 2. The summed E-state index contributed by atoms with van der Waals surface area (Å²) in [5, 5.41) is 13.0. The van der Waals surface area contributed by atoms with Gasteiger partial charge in [0.25, 0.3) is 0 Å². The molecular formula is C56H38N2SSi. The summed E-state index contributed by atoms with van der Waals surface area (Å²) >= 11 is 1.88. The van der Waals surface area contributed by atoms with Gasteiger partial charge in [-0.1, -0.05) is 194 Å². The molecule has 0 saturated carbocycles. The number of fused-ring (bicyclic) bond motifs is 8. The molecule has 0 radical (unpaired) electrons. The highest BCUT2D eigenvalue weighted by molar-refractivity contribution is 7.22. The zero-order valence-corrected chi connectivity index (χ0v) is 34.6. The van der Waals surface area contributed by atoms with Gasteiger partial charge in [0, 0.05) is 42.9 Å². The van der Waals surface area contributed by atoms with Crippen molar-refractivity contribution in [1.29, 1.82) is 0 Å². The fourth-order valence-electron chi connectivity index (χ4n) is 10.0. The van der Waals surface area contributed by atoms with Crippen molar-refractivity contribution < 1.29 is 0 Å². The predicted octanol–water partition coefficient (Wildman–Crippen LogP) is 12.1. The molecule has 4 heteroatoms. The normalized spacial score (nSPS) is 12.0. The SMILES string of the molecule is c1ccc(-c2c(-n3c4ccccc4c4ccc5c(c6ccccc6n5-c5cccc([Si](c6ccccc6)(c6ccccc6)c6ccccc6)c5)c43)sc3ccccc23)cc1. The van der Waals surface area contributed by atoms with E-state index in [1.54, 1.807) is 0 Å². The van der Waals surface area contributed by atoms with Gasteiger partial charge >= 0.3 is 0 Å². The van der Waals surface area contributed by atoms with Crippen LogP contribution in [0.1, 0.15) is 0 Å². The summed E-state index contributed by atoms with van der Waals surface area (Å²) in [4.78, 5) is 0. The molecule has 0 aliphatic rings. The number of rotatable bonds is 7. The highest BCUT2D eigenvalue weighted by Crippen LogP contribution is 2.47. The zero-order chi connectivity index (χ0) is 39.6. The van der Waals surface area contributed by atoms with E-state index in [0.29, 0.717) is 0 Å². The van der Waals surface area contributed by atoms with Gasteiger partial charge in [-0.15, -0.1) is 11.3 Å². The van der Waals surface area contributed by atoms with Crippen molar-refractivity contribution >= 4 is 93.9 Å². The largest absolute Gasteiger partial charge is 0.309 e. The van der Waals surface area contributed by atoms with Gasteiger partial charge in [-0.3, -0.25) is 4.57 Å². The van der Waals surface area contributed by atoms with Gasteiger partial charge in [-0.25, -0.2) is 0 Å². The number of para-hydroxylation sites is 2. The Kier molecular flexibility index (Phi) is 8.08. The standard InChI is InChI=1S/C56H38N2SSi/c1-5-20-39(21-6-1)53-48-32-15-18-35-52(48)59-56(53)58-49-33-16-13-30-45(49)46-36-37-51-54(55(46)58)47-31-14-17-34-50(47)57(51)40-22-19-29-44(38-40)60(41-23-7-2-8-24-41,42-25-9-3-10-26-42)43-27-11-4-12-28-43/h1-38H. The van der Waals surface area contributed by atoms with Crippen molar-refractivity contribution in [1.82, 2.24) is 9.13 Å². The molecule has 60 heavy (non-hydrogen) atoms. The first-order valence-corrected chi connectivity index (χ1v) is 23.4. The topological polar surface area (TPSA) is 9.86 Å². The number of hydrogen-bond donors (Lipinski definition) is 0. The highest BCUT2D eigenvalue weighted by Gasteiger charge is 2.41. The Hall–Kier alpha value is -7.24. The summed E-state index contributed by atoms with van der Waals surface area (Å²) in [5.41, 5.74) is 8.50. The van der Waals surface area contributed by atoms with Crippen LogP contribution in [0.5, 0.6) is 0 Å². The minimum Gasteiger partial charge on any atom is -0.309 e. The zero-order valence-electron chi connectivity index (χ0n) is 32.7. The van der Waals surface area contributed by atoms with Gasteiger partial charge in [-0.2, -0.15) is 0 Å². The summed E-state index contributed by atoms with van der Waals surface area (Å²) in [7, 11) is -2.77. The Morgan fingerprint density at radius 3 is 1.52 bits per heavy atom. The minimum absolute atomic E-state index is 1.16. The Bertz CT molecular complexity index is 3430. The fraction of sp³-hybridized carbons (Fsp3) is 0. The average Bonchev–Trinajstić information content (AvgIpc) is 3.98. The maximum atomic E-state index is 2.57. The lowest BCUT2D eigenvalue weighted by Crippen LogP contribution is -2.74. The van der Waals surface area contributed by atoms with Crippen molar-refractivity contribution in [3.63, 3.8) is 0 Å². The first-order valence-electron chi connectivity index (χ1n) is 20.6. The van der Waals surface area contributed by atoms with E-state index in [4.69, 9.17) is 0 Å². The Balaban J connectivity index is 1.19. The van der Waals surface area contributed by atoms with E-state index in [9.17, 15) is 0 Å². The van der Waals surface area contributed by atoms with E-state index in [0.717, 1.165) is 5.69 Å². The molecule has 0 fully saturated rings. The first kappa shape index (κ1) is 34.8. The monoisotopic (exact) mass is 798 g/mol. The molecule has 0 saturated heterocycles. The van der Waals surface area contributed by atoms with Crippen molar-refractivity contribution in [3.05, 3.63) is 231 Å².